The first-order valence-corrected chi connectivity index (χ1v) is 13.9. The molecule has 9 nitrogen and oxygen atoms in total. The number of carbonyl (C=O) groups is 2. The summed E-state index contributed by atoms with van der Waals surface area (Å²) in [6, 6.07) is 32.6. The molecule has 0 saturated heterocycles. The molecular formula is C34H31N5O4. The first-order valence-electron chi connectivity index (χ1n) is 13.9. The van der Waals surface area contributed by atoms with E-state index in [4.69, 9.17) is 15.0 Å². The molecule has 216 valence electrons. The molecule has 9 heteroatoms. The zero-order valence-corrected chi connectivity index (χ0v) is 23.4. The van der Waals surface area contributed by atoms with Crippen molar-refractivity contribution in [1.82, 2.24) is 20.4 Å². The van der Waals surface area contributed by atoms with E-state index in [0.29, 0.717) is 12.2 Å². The van der Waals surface area contributed by atoms with Gasteiger partial charge in [-0.2, -0.15) is 4.98 Å². The topological polar surface area (TPSA) is 133 Å². The van der Waals surface area contributed by atoms with Crippen LogP contribution in [0.25, 0.3) is 11.4 Å². The van der Waals surface area contributed by atoms with Crippen molar-refractivity contribution in [2.24, 2.45) is 5.73 Å². The van der Waals surface area contributed by atoms with E-state index in [1.54, 1.807) is 24.5 Å². The fourth-order valence-electron chi connectivity index (χ4n) is 4.76. The van der Waals surface area contributed by atoms with Gasteiger partial charge in [-0.1, -0.05) is 102 Å². The first kappa shape index (κ1) is 29.1. The Balaban J connectivity index is 1.20. The molecule has 1 amide bonds. The number of nitrogens with one attached hydrogen (secondary N) is 1. The molecule has 3 N–H and O–H groups in total. The van der Waals surface area contributed by atoms with Crippen LogP contribution in [0.2, 0.25) is 0 Å². The Hall–Kier alpha value is -5.41. The van der Waals surface area contributed by atoms with E-state index >= 15 is 0 Å². The molecule has 0 aliphatic carbocycles. The Kier molecular flexibility index (Phi) is 9.46. The Morgan fingerprint density at radius 3 is 1.98 bits per heavy atom. The third kappa shape index (κ3) is 7.27. The number of carbonyl (C=O) groups excluding carboxylic acids is 2. The third-order valence-electron chi connectivity index (χ3n) is 6.88. The number of hydrogen-bond acceptors (Lipinski definition) is 8. The van der Waals surface area contributed by atoms with Gasteiger partial charge in [0.15, 0.2) is 6.61 Å². The van der Waals surface area contributed by atoms with E-state index in [1.807, 2.05) is 91.0 Å². The lowest BCUT2D eigenvalue weighted by Gasteiger charge is -2.37. The van der Waals surface area contributed by atoms with Gasteiger partial charge >= 0.3 is 5.97 Å². The lowest BCUT2D eigenvalue weighted by molar-refractivity contribution is -0.139. The number of hydrogen-bond donors (Lipinski definition) is 2. The van der Waals surface area contributed by atoms with E-state index < -0.39 is 17.6 Å². The molecule has 0 unspecified atom stereocenters. The van der Waals surface area contributed by atoms with Gasteiger partial charge in [-0.15, -0.1) is 0 Å². The average Bonchev–Trinajstić information content (AvgIpc) is 3.55. The molecular weight excluding hydrogens is 542 g/mol. The maximum Gasteiger partial charge on any atom is 0.330 e. The Labute approximate surface area is 249 Å². The van der Waals surface area contributed by atoms with E-state index in [0.717, 1.165) is 22.3 Å². The molecule has 0 aliphatic rings. The van der Waals surface area contributed by atoms with Gasteiger partial charge in [0.2, 0.25) is 11.7 Å². The Bertz CT molecular complexity index is 1550. The zero-order valence-electron chi connectivity index (χ0n) is 23.4. The number of pyridine rings is 1. The quantitative estimate of drug-likeness (QED) is 0.122. The smallest absolute Gasteiger partial charge is 0.330 e. The predicted octanol–water partition coefficient (Wildman–Crippen LogP) is 4.95. The number of nitrogens with two attached hydrogens (primary N) is 1. The van der Waals surface area contributed by atoms with Crippen molar-refractivity contribution in [3.63, 3.8) is 0 Å². The second kappa shape index (κ2) is 14.0. The number of nitrogens with zero attached hydrogens (tertiary/aromatic N) is 3. The molecule has 0 bridgehead atoms. The normalized spacial score (nSPS) is 12.1. The zero-order chi connectivity index (χ0) is 29.9. The predicted molar refractivity (Wildman–Crippen MR) is 161 cm³/mol. The van der Waals surface area contributed by atoms with Crippen LogP contribution in [0.1, 0.15) is 35.4 Å². The van der Waals surface area contributed by atoms with E-state index in [2.05, 4.69) is 20.4 Å². The Morgan fingerprint density at radius 2 is 1.42 bits per heavy atom. The van der Waals surface area contributed by atoms with Crippen LogP contribution >= 0.6 is 0 Å². The van der Waals surface area contributed by atoms with E-state index in [-0.39, 0.29) is 24.8 Å². The monoisotopic (exact) mass is 573 g/mol. The average molecular weight is 574 g/mol. The minimum Gasteiger partial charge on any atom is -0.452 e. The summed E-state index contributed by atoms with van der Waals surface area (Å²) in [4.78, 5) is 33.9. The molecule has 0 aliphatic heterocycles. The molecule has 0 radical (unpaired) electrons. The van der Waals surface area contributed by atoms with Crippen molar-refractivity contribution in [3.8, 4) is 11.4 Å². The SMILES string of the molecule is N[C@H](/C=C/C(=O)OCc1nc(-c2ccncc2)no1)CCC(=O)NC(c1ccccc1)(c1ccccc1)c1ccccc1. The van der Waals surface area contributed by atoms with Gasteiger partial charge in [0.05, 0.1) is 0 Å². The molecule has 3 aromatic carbocycles. The van der Waals surface area contributed by atoms with Crippen LogP contribution < -0.4 is 11.1 Å². The lowest BCUT2D eigenvalue weighted by Crippen LogP contribution is -2.48. The maximum absolute atomic E-state index is 13.5. The molecule has 0 fully saturated rings. The molecule has 0 spiro atoms. The number of amides is 1. The molecule has 2 aromatic heterocycles. The highest BCUT2D eigenvalue weighted by atomic mass is 16.6. The summed E-state index contributed by atoms with van der Waals surface area (Å²) in [6.45, 7) is -0.181. The van der Waals surface area contributed by atoms with E-state index in [1.165, 1.54) is 12.2 Å². The first-order chi connectivity index (χ1) is 21.0. The molecule has 2 heterocycles. The highest BCUT2D eigenvalue weighted by Crippen LogP contribution is 2.36. The van der Waals surface area contributed by atoms with Crippen LogP contribution in [0.4, 0.5) is 0 Å². The summed E-state index contributed by atoms with van der Waals surface area (Å²) in [6.07, 6.45) is 6.47. The number of aromatic nitrogens is 3. The molecule has 43 heavy (non-hydrogen) atoms. The van der Waals surface area contributed by atoms with Crippen molar-refractivity contribution < 1.29 is 18.8 Å². The fourth-order valence-corrected chi connectivity index (χ4v) is 4.76. The fraction of sp³-hybridized carbons (Fsp3) is 0.147. The van der Waals surface area contributed by atoms with Gasteiger partial charge in [-0.05, 0) is 35.2 Å². The summed E-state index contributed by atoms with van der Waals surface area (Å²) in [5.41, 5.74) is 8.85. The van der Waals surface area contributed by atoms with Gasteiger partial charge in [0.1, 0.15) is 5.54 Å². The third-order valence-corrected chi connectivity index (χ3v) is 6.88. The van der Waals surface area contributed by atoms with E-state index in [9.17, 15) is 9.59 Å². The minimum atomic E-state index is -0.906. The summed E-state index contributed by atoms with van der Waals surface area (Å²) < 4.78 is 10.3. The second-order valence-electron chi connectivity index (χ2n) is 9.81. The number of benzene rings is 3. The van der Waals surface area contributed by atoms with Crippen molar-refractivity contribution in [1.29, 1.82) is 0 Å². The standard InChI is InChI=1S/C34H31N5O4/c35-29(17-19-32(41)42-24-31-37-33(39-43-31)25-20-22-36-23-21-25)16-18-30(40)38-34(26-10-4-1-5-11-26,27-12-6-2-7-13-27)28-14-8-3-9-15-28/h1-15,17,19-23,29H,16,18,24,35H2,(H,38,40)/b19-17+/t29-/m0/s1. The summed E-state index contributed by atoms with van der Waals surface area (Å²) in [7, 11) is 0. The summed E-state index contributed by atoms with van der Waals surface area (Å²) >= 11 is 0. The van der Waals surface area contributed by atoms with Gasteiger partial charge in [-0.25, -0.2) is 4.79 Å². The highest BCUT2D eigenvalue weighted by Gasteiger charge is 2.37. The number of ether oxygens (including phenoxy) is 1. The van der Waals surface area contributed by atoms with Crippen LogP contribution in [0.5, 0.6) is 0 Å². The van der Waals surface area contributed by atoms with Crippen LogP contribution in [0, 0.1) is 0 Å². The van der Waals surface area contributed by atoms with Crippen LogP contribution in [0.15, 0.2) is 132 Å². The van der Waals surface area contributed by atoms with Crippen LogP contribution in [-0.4, -0.2) is 33.0 Å². The summed E-state index contributed by atoms with van der Waals surface area (Å²) in [5, 5.41) is 7.20. The molecule has 5 aromatic rings. The van der Waals surface area contributed by atoms with Gasteiger partial charge in [-0.3, -0.25) is 9.78 Å². The highest BCUT2D eigenvalue weighted by molar-refractivity contribution is 5.82. The molecule has 1 atom stereocenters. The van der Waals surface area contributed by atoms with Crippen molar-refractivity contribution in [2.45, 2.75) is 31.0 Å². The van der Waals surface area contributed by atoms with Crippen LogP contribution in [0.3, 0.4) is 0 Å². The van der Waals surface area contributed by atoms with Crippen molar-refractivity contribution in [3.05, 3.63) is 150 Å². The number of esters is 1. The van der Waals surface area contributed by atoms with Gasteiger partial charge in [0.25, 0.3) is 5.89 Å². The van der Waals surface area contributed by atoms with Crippen molar-refractivity contribution >= 4 is 11.9 Å². The summed E-state index contributed by atoms with van der Waals surface area (Å²) in [5.74, 6) is -0.252. The largest absolute Gasteiger partial charge is 0.452 e. The number of rotatable bonds is 12. The van der Waals surface area contributed by atoms with Crippen molar-refractivity contribution in [2.75, 3.05) is 0 Å². The maximum atomic E-state index is 13.5. The van der Waals surface area contributed by atoms with Gasteiger partial charge in [0, 0.05) is 36.5 Å². The minimum absolute atomic E-state index is 0.147. The Morgan fingerprint density at radius 1 is 0.860 bits per heavy atom. The lowest BCUT2D eigenvalue weighted by atomic mass is 9.77. The van der Waals surface area contributed by atoms with Gasteiger partial charge < -0.3 is 20.3 Å². The molecule has 0 saturated carbocycles. The van der Waals surface area contributed by atoms with Crippen LogP contribution in [-0.2, 0) is 26.5 Å². The second-order valence-corrected chi connectivity index (χ2v) is 9.81. The molecule has 5 rings (SSSR count).